The van der Waals surface area contributed by atoms with Gasteiger partial charge in [0.2, 0.25) is 0 Å². The summed E-state index contributed by atoms with van der Waals surface area (Å²) in [6.45, 7) is 1.92. The number of hydrogen-bond acceptors (Lipinski definition) is 6. The van der Waals surface area contributed by atoms with Gasteiger partial charge in [-0.1, -0.05) is 0 Å². The molecule has 0 unspecified atom stereocenters. The maximum absolute atomic E-state index is 11.1. The average molecular weight is 268 g/mol. The second-order valence-electron chi connectivity index (χ2n) is 3.76. The van der Waals surface area contributed by atoms with Crippen LogP contribution in [0, 0.1) is 11.3 Å². The van der Waals surface area contributed by atoms with Crippen molar-refractivity contribution in [1.29, 1.82) is 5.26 Å². The Morgan fingerprint density at radius 1 is 1.50 bits per heavy atom. The van der Waals surface area contributed by atoms with E-state index in [1.165, 1.54) is 0 Å². The van der Waals surface area contributed by atoms with Gasteiger partial charge in [0.25, 0.3) is 0 Å². The van der Waals surface area contributed by atoms with Crippen LogP contribution in [0.2, 0.25) is 0 Å². The number of nitriles is 1. The lowest BCUT2D eigenvalue weighted by Crippen LogP contribution is -2.36. The summed E-state index contributed by atoms with van der Waals surface area (Å²) in [7, 11) is 0. The van der Waals surface area contributed by atoms with Crippen LogP contribution in [-0.4, -0.2) is 42.5 Å². The molecule has 6 nitrogen and oxygen atoms in total. The minimum atomic E-state index is -1.11. The number of hydrogen-bond donors (Lipinski definition) is 2. The third kappa shape index (κ3) is 2.18. The Morgan fingerprint density at radius 2 is 2.17 bits per heavy atom. The zero-order valence-corrected chi connectivity index (χ0v) is 10.4. The van der Waals surface area contributed by atoms with Crippen molar-refractivity contribution in [3.63, 3.8) is 0 Å². The van der Waals surface area contributed by atoms with Gasteiger partial charge in [0.05, 0.1) is 25.4 Å². The summed E-state index contributed by atoms with van der Waals surface area (Å²) in [6, 6.07) is 1.99. The van der Waals surface area contributed by atoms with Gasteiger partial charge in [-0.3, -0.25) is 0 Å². The van der Waals surface area contributed by atoms with Gasteiger partial charge in [-0.25, -0.2) is 4.79 Å². The van der Waals surface area contributed by atoms with Gasteiger partial charge >= 0.3 is 5.97 Å². The first kappa shape index (κ1) is 12.8. The lowest BCUT2D eigenvalue weighted by molar-refractivity contribution is 0.0699. The third-order valence-electron chi connectivity index (χ3n) is 2.75. The van der Waals surface area contributed by atoms with Crippen molar-refractivity contribution >= 4 is 22.3 Å². The third-order valence-corrected chi connectivity index (χ3v) is 4.03. The minimum absolute atomic E-state index is 0.0375. The van der Waals surface area contributed by atoms with Gasteiger partial charge in [-0.2, -0.15) is 5.26 Å². The summed E-state index contributed by atoms with van der Waals surface area (Å²) in [5, 5.41) is 28.1. The number of carboxylic acid groups (broad SMARTS) is 1. The molecule has 1 fully saturated rings. The van der Waals surface area contributed by atoms with Gasteiger partial charge in [-0.05, 0) is 0 Å². The molecule has 0 aromatic carbocycles. The van der Waals surface area contributed by atoms with Crippen LogP contribution in [0.25, 0.3) is 0 Å². The Bertz CT molecular complexity index is 500. The highest BCUT2D eigenvalue weighted by molar-refractivity contribution is 7.18. The molecule has 0 aliphatic carbocycles. The smallest absolute Gasteiger partial charge is 0.346 e. The summed E-state index contributed by atoms with van der Waals surface area (Å²) in [6.07, 6.45) is 0. The van der Waals surface area contributed by atoms with E-state index in [1.807, 2.05) is 11.0 Å². The number of aliphatic hydroxyl groups excluding tert-OH is 1. The number of anilines is 1. The highest BCUT2D eigenvalue weighted by Gasteiger charge is 2.26. The number of aromatic carboxylic acids is 1. The molecule has 96 valence electrons. The molecule has 1 aromatic heterocycles. The quantitative estimate of drug-likeness (QED) is 0.835. The Hall–Kier alpha value is -1.62. The molecule has 0 bridgehead atoms. The zero-order valence-electron chi connectivity index (χ0n) is 9.55. The van der Waals surface area contributed by atoms with Gasteiger partial charge in [-0.15, -0.1) is 11.3 Å². The summed E-state index contributed by atoms with van der Waals surface area (Å²) in [5.41, 5.74) is 0.471. The highest BCUT2D eigenvalue weighted by Crippen LogP contribution is 2.36. The average Bonchev–Trinajstić information content (AvgIpc) is 2.78. The number of nitrogens with zero attached hydrogens (tertiary/aromatic N) is 2. The lowest BCUT2D eigenvalue weighted by Gasteiger charge is -2.27. The molecular formula is C11H12N2O4S. The van der Waals surface area contributed by atoms with E-state index in [1.54, 1.807) is 0 Å². The number of aliphatic hydroxyl groups is 1. The largest absolute Gasteiger partial charge is 0.477 e. The monoisotopic (exact) mass is 268 g/mol. The molecule has 7 heteroatoms. The molecule has 0 atom stereocenters. The SMILES string of the molecule is N#Cc1c(N2CCOCC2)sc(C(=O)O)c1CO. The molecule has 1 aromatic rings. The van der Waals surface area contributed by atoms with Gasteiger partial charge in [0, 0.05) is 18.7 Å². The van der Waals surface area contributed by atoms with Crippen LogP contribution in [0.1, 0.15) is 20.8 Å². The van der Waals surface area contributed by atoms with E-state index in [0.717, 1.165) is 11.3 Å². The van der Waals surface area contributed by atoms with Gasteiger partial charge < -0.3 is 19.8 Å². The molecule has 1 aliphatic heterocycles. The molecule has 0 radical (unpaired) electrons. The Balaban J connectivity index is 2.46. The predicted molar refractivity (Wildman–Crippen MR) is 64.9 cm³/mol. The van der Waals surface area contributed by atoms with E-state index in [9.17, 15) is 9.90 Å². The highest BCUT2D eigenvalue weighted by atomic mass is 32.1. The molecule has 18 heavy (non-hydrogen) atoms. The predicted octanol–water partition coefficient (Wildman–Crippen LogP) is 0.647. The minimum Gasteiger partial charge on any atom is -0.477 e. The summed E-state index contributed by atoms with van der Waals surface area (Å²) in [4.78, 5) is 13.1. The molecular weight excluding hydrogens is 256 g/mol. The van der Waals surface area contributed by atoms with Crippen LogP contribution in [0.3, 0.4) is 0 Å². The van der Waals surface area contributed by atoms with Crippen molar-refractivity contribution in [3.8, 4) is 6.07 Å². The van der Waals surface area contributed by atoms with Crippen molar-refractivity contribution in [3.05, 3.63) is 16.0 Å². The number of morpholine rings is 1. The van der Waals surface area contributed by atoms with E-state index in [4.69, 9.17) is 15.1 Å². The fourth-order valence-electron chi connectivity index (χ4n) is 1.88. The second kappa shape index (κ2) is 5.35. The first-order chi connectivity index (χ1) is 8.69. The number of rotatable bonds is 3. The maximum atomic E-state index is 11.1. The van der Waals surface area contributed by atoms with Crippen LogP contribution in [-0.2, 0) is 11.3 Å². The van der Waals surface area contributed by atoms with E-state index in [0.29, 0.717) is 31.3 Å². The van der Waals surface area contributed by atoms with Crippen LogP contribution in [0.5, 0.6) is 0 Å². The van der Waals surface area contributed by atoms with Crippen molar-refractivity contribution in [2.45, 2.75) is 6.61 Å². The maximum Gasteiger partial charge on any atom is 0.346 e. The Morgan fingerprint density at radius 3 is 2.67 bits per heavy atom. The van der Waals surface area contributed by atoms with Gasteiger partial charge in [0.1, 0.15) is 15.9 Å². The summed E-state index contributed by atoms with van der Waals surface area (Å²) < 4.78 is 5.22. The molecule has 1 saturated heterocycles. The van der Waals surface area contributed by atoms with Crippen LogP contribution in [0.4, 0.5) is 5.00 Å². The molecule has 0 spiro atoms. The molecule has 2 heterocycles. The zero-order chi connectivity index (χ0) is 13.1. The van der Waals surface area contributed by atoms with Crippen molar-refractivity contribution < 1.29 is 19.7 Å². The topological polar surface area (TPSA) is 93.8 Å². The van der Waals surface area contributed by atoms with E-state index in [2.05, 4.69) is 0 Å². The fourth-order valence-corrected chi connectivity index (χ4v) is 3.03. The molecule has 0 saturated carbocycles. The van der Waals surface area contributed by atoms with Crippen molar-refractivity contribution in [2.75, 3.05) is 31.2 Å². The van der Waals surface area contributed by atoms with Crippen molar-refractivity contribution in [2.24, 2.45) is 0 Å². The van der Waals surface area contributed by atoms with Crippen molar-refractivity contribution in [1.82, 2.24) is 0 Å². The first-order valence-corrected chi connectivity index (χ1v) is 6.23. The van der Waals surface area contributed by atoms with Crippen LogP contribution >= 0.6 is 11.3 Å². The molecule has 0 amide bonds. The molecule has 2 N–H and O–H groups in total. The molecule has 1 aliphatic rings. The van der Waals surface area contributed by atoms with Crippen LogP contribution < -0.4 is 4.90 Å². The standard InChI is InChI=1S/C11H12N2O4S/c12-5-7-8(6-14)9(11(15)16)18-10(7)13-1-3-17-4-2-13/h14H,1-4,6H2,(H,15,16). The van der Waals surface area contributed by atoms with E-state index in [-0.39, 0.29) is 16.0 Å². The van der Waals surface area contributed by atoms with E-state index < -0.39 is 12.6 Å². The first-order valence-electron chi connectivity index (χ1n) is 5.41. The number of thiophene rings is 1. The summed E-state index contributed by atoms with van der Waals surface area (Å²) >= 11 is 1.04. The summed E-state index contributed by atoms with van der Waals surface area (Å²) in [5.74, 6) is -1.11. The Kier molecular flexibility index (Phi) is 3.81. The number of carbonyl (C=O) groups is 1. The Labute approximate surface area is 108 Å². The lowest BCUT2D eigenvalue weighted by atomic mass is 10.1. The van der Waals surface area contributed by atoms with Crippen LogP contribution in [0.15, 0.2) is 0 Å². The van der Waals surface area contributed by atoms with Gasteiger partial charge in [0.15, 0.2) is 0 Å². The number of ether oxygens (including phenoxy) is 1. The molecule has 2 rings (SSSR count). The fraction of sp³-hybridized carbons (Fsp3) is 0.455. The van der Waals surface area contributed by atoms with E-state index >= 15 is 0 Å². The normalized spacial score (nSPS) is 15.4. The second-order valence-corrected chi connectivity index (χ2v) is 4.76. The number of carboxylic acids is 1.